The number of ether oxygens (including phenoxy) is 7. The monoisotopic (exact) mass is 654 g/mol. The van der Waals surface area contributed by atoms with E-state index in [4.69, 9.17) is 33.2 Å². The zero-order chi connectivity index (χ0) is 33.4. The molecule has 48 heavy (non-hydrogen) atoms. The lowest BCUT2D eigenvalue weighted by atomic mass is 9.83. The second kappa shape index (κ2) is 19.4. The van der Waals surface area contributed by atoms with Gasteiger partial charge in [0, 0.05) is 13.2 Å². The summed E-state index contributed by atoms with van der Waals surface area (Å²) >= 11 is 0. The van der Waals surface area contributed by atoms with Crippen LogP contribution in [0, 0.1) is 0 Å². The molecule has 0 amide bonds. The Labute approximate surface area is 286 Å². The van der Waals surface area contributed by atoms with Crippen LogP contribution in [-0.4, -0.2) is 56.9 Å². The van der Waals surface area contributed by atoms with Crippen LogP contribution in [0.1, 0.15) is 48.9 Å². The molecule has 5 rings (SSSR count). The molecule has 1 fully saturated rings. The Morgan fingerprint density at radius 3 is 0.958 bits per heavy atom. The molecule has 7 heteroatoms. The Morgan fingerprint density at radius 2 is 0.667 bits per heavy atom. The van der Waals surface area contributed by atoms with Crippen LogP contribution >= 0.6 is 0 Å². The van der Waals surface area contributed by atoms with Gasteiger partial charge in [-0.25, -0.2) is 0 Å². The van der Waals surface area contributed by atoms with Crippen molar-refractivity contribution < 1.29 is 33.2 Å². The van der Waals surface area contributed by atoms with Crippen LogP contribution in [0.2, 0.25) is 0 Å². The highest BCUT2D eigenvalue weighted by Crippen LogP contribution is 2.36. The average Bonchev–Trinajstić information content (AvgIpc) is 3.14. The summed E-state index contributed by atoms with van der Waals surface area (Å²) in [4.78, 5) is 0. The highest BCUT2D eigenvalue weighted by molar-refractivity contribution is 5.27. The van der Waals surface area contributed by atoms with Gasteiger partial charge in [-0.2, -0.15) is 0 Å². The zero-order valence-electron chi connectivity index (χ0n) is 28.4. The molecule has 6 atom stereocenters. The van der Waals surface area contributed by atoms with Gasteiger partial charge in [-0.15, -0.1) is 0 Å². The van der Waals surface area contributed by atoms with Crippen molar-refractivity contribution in [2.75, 3.05) is 20.3 Å². The van der Waals surface area contributed by atoms with Gasteiger partial charge in [0.05, 0.1) is 33.5 Å². The second-order valence-electron chi connectivity index (χ2n) is 12.1. The molecule has 0 unspecified atom stereocenters. The third-order valence-electron chi connectivity index (χ3n) is 8.43. The van der Waals surface area contributed by atoms with E-state index in [1.807, 2.05) is 78.9 Å². The van der Waals surface area contributed by atoms with Crippen LogP contribution < -0.4 is 4.74 Å². The van der Waals surface area contributed by atoms with Crippen LogP contribution in [0.3, 0.4) is 0 Å². The molecule has 0 radical (unpaired) electrons. The number of rotatable bonds is 19. The van der Waals surface area contributed by atoms with Gasteiger partial charge in [0.1, 0.15) is 42.4 Å². The minimum absolute atomic E-state index is 0.354. The molecule has 0 heterocycles. The van der Waals surface area contributed by atoms with Crippen molar-refractivity contribution in [3.8, 4) is 5.75 Å². The summed E-state index contributed by atoms with van der Waals surface area (Å²) in [5.41, 5.74) is 4.22. The molecule has 0 bridgehead atoms. The highest BCUT2D eigenvalue weighted by Gasteiger charge is 2.55. The fourth-order valence-electron chi connectivity index (χ4n) is 5.98. The Balaban J connectivity index is 1.52. The minimum Gasteiger partial charge on any atom is -0.497 e. The Morgan fingerprint density at radius 1 is 0.375 bits per heavy atom. The van der Waals surface area contributed by atoms with Crippen LogP contribution in [0.25, 0.3) is 0 Å². The van der Waals surface area contributed by atoms with Gasteiger partial charge in [0.15, 0.2) is 0 Å². The van der Waals surface area contributed by atoms with Gasteiger partial charge in [-0.3, -0.25) is 0 Å². The van der Waals surface area contributed by atoms with Crippen LogP contribution in [0.5, 0.6) is 5.75 Å². The third-order valence-corrected chi connectivity index (χ3v) is 8.43. The molecule has 0 aromatic heterocycles. The zero-order valence-corrected chi connectivity index (χ0v) is 28.4. The van der Waals surface area contributed by atoms with Crippen molar-refractivity contribution in [3.05, 3.63) is 138 Å². The maximum Gasteiger partial charge on any atom is 0.118 e. The normalized spacial score (nSPS) is 22.4. The predicted molar refractivity (Wildman–Crippen MR) is 187 cm³/mol. The first kappa shape index (κ1) is 35.7. The number of benzene rings is 4. The fourth-order valence-corrected chi connectivity index (χ4v) is 5.98. The maximum atomic E-state index is 6.85. The van der Waals surface area contributed by atoms with Gasteiger partial charge >= 0.3 is 0 Å². The van der Waals surface area contributed by atoms with E-state index in [0.717, 1.165) is 40.8 Å². The SMILES string of the molecule is CCCO[C@@H]1[C@@H](OCc2ccccc2)[C@@H](OCc2ccccc2)[C@@H](OCCC)[C@H](OCc2ccc(OC)cc2)[C@H]1OCc1ccccc1. The van der Waals surface area contributed by atoms with Gasteiger partial charge in [-0.1, -0.05) is 117 Å². The van der Waals surface area contributed by atoms with E-state index in [9.17, 15) is 0 Å². The highest BCUT2D eigenvalue weighted by atomic mass is 16.6. The lowest BCUT2D eigenvalue weighted by Gasteiger charge is -2.49. The summed E-state index contributed by atoms with van der Waals surface area (Å²) < 4.78 is 46.1. The summed E-state index contributed by atoms with van der Waals surface area (Å²) in [5, 5.41) is 0. The first-order valence-corrected chi connectivity index (χ1v) is 17.1. The second-order valence-corrected chi connectivity index (χ2v) is 12.1. The van der Waals surface area contributed by atoms with Crippen molar-refractivity contribution in [2.24, 2.45) is 0 Å². The summed E-state index contributed by atoms with van der Waals surface area (Å²) in [5.74, 6) is 0.797. The molecular formula is C41H50O7. The number of hydrogen-bond acceptors (Lipinski definition) is 7. The van der Waals surface area contributed by atoms with Gasteiger partial charge < -0.3 is 33.2 Å². The van der Waals surface area contributed by atoms with E-state index in [2.05, 4.69) is 50.2 Å². The molecule has 0 saturated heterocycles. The van der Waals surface area contributed by atoms with Gasteiger partial charge in [0.2, 0.25) is 0 Å². The van der Waals surface area contributed by atoms with Crippen LogP contribution in [0.15, 0.2) is 115 Å². The molecule has 256 valence electrons. The Bertz CT molecular complexity index is 1420. The molecule has 4 aromatic carbocycles. The van der Waals surface area contributed by atoms with Crippen LogP contribution in [-0.2, 0) is 54.8 Å². The van der Waals surface area contributed by atoms with E-state index in [1.165, 1.54) is 0 Å². The standard InChI is InChI=1S/C41H50O7/c1-4-25-43-36-38(45-27-31-15-9-6-10-16-31)39(46-28-32-17-11-7-12-18-32)37(44-26-5-2)41(40(36)47-29-33-19-13-8-14-20-33)48-30-34-21-23-35(42-3)24-22-34/h6-24,36-41H,4-5,25-30H2,1-3H3/t36-,37-,38-,39+,40+,41+/m1/s1. The van der Waals surface area contributed by atoms with Crippen molar-refractivity contribution in [3.63, 3.8) is 0 Å². The molecule has 1 aliphatic rings. The first-order valence-electron chi connectivity index (χ1n) is 17.1. The smallest absolute Gasteiger partial charge is 0.118 e. The Kier molecular flexibility index (Phi) is 14.5. The minimum atomic E-state index is -0.512. The van der Waals surface area contributed by atoms with E-state index >= 15 is 0 Å². The van der Waals surface area contributed by atoms with Gasteiger partial charge in [0.25, 0.3) is 0 Å². The molecule has 1 saturated carbocycles. The molecule has 0 spiro atoms. The summed E-state index contributed by atoms with van der Waals surface area (Å²) in [6, 6.07) is 38.5. The summed E-state index contributed by atoms with van der Waals surface area (Å²) in [7, 11) is 1.67. The predicted octanol–water partition coefficient (Wildman–Crippen LogP) is 7.94. The molecule has 7 nitrogen and oxygen atoms in total. The van der Waals surface area contributed by atoms with E-state index in [-0.39, 0.29) is 0 Å². The largest absolute Gasteiger partial charge is 0.497 e. The maximum absolute atomic E-state index is 6.85. The molecule has 0 aliphatic heterocycles. The number of methoxy groups -OCH3 is 1. The van der Waals surface area contributed by atoms with Crippen molar-refractivity contribution in [1.82, 2.24) is 0 Å². The van der Waals surface area contributed by atoms with Gasteiger partial charge in [-0.05, 0) is 47.2 Å². The lowest BCUT2D eigenvalue weighted by Crippen LogP contribution is -2.67. The van der Waals surface area contributed by atoms with Crippen molar-refractivity contribution in [1.29, 1.82) is 0 Å². The molecule has 0 N–H and O–H groups in total. The quantitative estimate of drug-likeness (QED) is 0.102. The van der Waals surface area contributed by atoms with E-state index < -0.39 is 36.6 Å². The van der Waals surface area contributed by atoms with Crippen molar-refractivity contribution in [2.45, 2.75) is 89.7 Å². The molecular weight excluding hydrogens is 604 g/mol. The van der Waals surface area contributed by atoms with Crippen LogP contribution in [0.4, 0.5) is 0 Å². The number of hydrogen-bond donors (Lipinski definition) is 0. The van der Waals surface area contributed by atoms with E-state index in [0.29, 0.717) is 39.6 Å². The first-order chi connectivity index (χ1) is 23.7. The fraction of sp³-hybridized carbons (Fsp3) is 0.415. The van der Waals surface area contributed by atoms with E-state index in [1.54, 1.807) is 7.11 Å². The third kappa shape index (κ3) is 10.2. The van der Waals surface area contributed by atoms with Crippen molar-refractivity contribution >= 4 is 0 Å². The average molecular weight is 655 g/mol. The summed E-state index contributed by atoms with van der Waals surface area (Å²) in [6.45, 7) is 6.82. The summed E-state index contributed by atoms with van der Waals surface area (Å²) in [6.07, 6.45) is -1.31. The lowest BCUT2D eigenvalue weighted by molar-refractivity contribution is -0.289. The molecule has 4 aromatic rings. The topological polar surface area (TPSA) is 64.6 Å². The Hall–Kier alpha value is -3.56. The molecule has 1 aliphatic carbocycles.